The summed E-state index contributed by atoms with van der Waals surface area (Å²) in [6.07, 6.45) is 2.70. The average molecular weight is 343 g/mol. The Balaban J connectivity index is 1.77. The standard InChI is InChI=1S/C19H21NO3S/c1-15-3-9-19(10-4-15)24(21,22)20-13-11-17(12-14-20)16-5-7-18(23-2)8-6-16/h3-11H,12-14H2,1-2H3. The predicted octanol–water partition coefficient (Wildman–Crippen LogP) is 3.48. The van der Waals surface area contributed by atoms with Crippen LogP contribution in [0.15, 0.2) is 59.5 Å². The SMILES string of the molecule is COc1ccc(C2=CCN(S(=O)(=O)c3ccc(C)cc3)CC2)cc1. The zero-order chi connectivity index (χ0) is 17.2. The predicted molar refractivity (Wildman–Crippen MR) is 95.5 cm³/mol. The van der Waals surface area contributed by atoms with Gasteiger partial charge in [0.15, 0.2) is 0 Å². The Labute approximate surface area is 143 Å². The van der Waals surface area contributed by atoms with Gasteiger partial charge in [-0.25, -0.2) is 8.42 Å². The monoisotopic (exact) mass is 343 g/mol. The first-order valence-corrected chi connectivity index (χ1v) is 9.35. The number of sulfonamides is 1. The maximum atomic E-state index is 12.7. The molecule has 4 nitrogen and oxygen atoms in total. The van der Waals surface area contributed by atoms with Crippen LogP contribution in [0, 0.1) is 6.92 Å². The molecule has 5 heteroatoms. The topological polar surface area (TPSA) is 46.6 Å². The van der Waals surface area contributed by atoms with E-state index in [1.165, 1.54) is 9.88 Å². The van der Waals surface area contributed by atoms with Crippen molar-refractivity contribution in [1.82, 2.24) is 4.31 Å². The van der Waals surface area contributed by atoms with Crippen molar-refractivity contribution in [1.29, 1.82) is 0 Å². The van der Waals surface area contributed by atoms with Crippen molar-refractivity contribution < 1.29 is 13.2 Å². The molecule has 0 unspecified atom stereocenters. The third-order valence-corrected chi connectivity index (χ3v) is 6.17. The van der Waals surface area contributed by atoms with Gasteiger partial charge in [-0.15, -0.1) is 0 Å². The second-order valence-electron chi connectivity index (χ2n) is 5.88. The van der Waals surface area contributed by atoms with Crippen molar-refractivity contribution in [2.45, 2.75) is 18.2 Å². The molecule has 1 heterocycles. The summed E-state index contributed by atoms with van der Waals surface area (Å²) in [5.74, 6) is 0.818. The van der Waals surface area contributed by atoms with Crippen LogP contribution >= 0.6 is 0 Å². The number of hydrogen-bond acceptors (Lipinski definition) is 3. The molecule has 24 heavy (non-hydrogen) atoms. The number of methoxy groups -OCH3 is 1. The van der Waals surface area contributed by atoms with E-state index < -0.39 is 10.0 Å². The van der Waals surface area contributed by atoms with Crippen molar-refractivity contribution in [2.24, 2.45) is 0 Å². The van der Waals surface area contributed by atoms with Gasteiger partial charge in [-0.2, -0.15) is 4.31 Å². The molecule has 0 N–H and O–H groups in total. The van der Waals surface area contributed by atoms with Crippen LogP contribution in [0.25, 0.3) is 5.57 Å². The molecule has 3 rings (SSSR count). The van der Waals surface area contributed by atoms with Crippen LogP contribution in [-0.2, 0) is 10.0 Å². The van der Waals surface area contributed by atoms with E-state index in [0.29, 0.717) is 24.4 Å². The second-order valence-corrected chi connectivity index (χ2v) is 7.82. The summed E-state index contributed by atoms with van der Waals surface area (Å²) in [4.78, 5) is 0.356. The number of ether oxygens (including phenoxy) is 1. The second kappa shape index (κ2) is 6.79. The summed E-state index contributed by atoms with van der Waals surface area (Å²) in [5.41, 5.74) is 3.34. The van der Waals surface area contributed by atoms with E-state index in [0.717, 1.165) is 16.9 Å². The number of benzene rings is 2. The van der Waals surface area contributed by atoms with Crippen LogP contribution in [0.5, 0.6) is 5.75 Å². The fourth-order valence-corrected chi connectivity index (χ4v) is 4.18. The summed E-state index contributed by atoms with van der Waals surface area (Å²) < 4.78 is 32.1. The van der Waals surface area contributed by atoms with E-state index in [2.05, 4.69) is 0 Å². The van der Waals surface area contributed by atoms with Crippen LogP contribution < -0.4 is 4.74 Å². The number of rotatable bonds is 4. The molecule has 0 atom stereocenters. The molecule has 126 valence electrons. The average Bonchev–Trinajstić information content (AvgIpc) is 2.62. The van der Waals surface area contributed by atoms with Crippen LogP contribution in [0.2, 0.25) is 0 Å². The summed E-state index contributed by atoms with van der Waals surface area (Å²) in [6.45, 7) is 2.84. The first-order chi connectivity index (χ1) is 11.5. The minimum Gasteiger partial charge on any atom is -0.497 e. The zero-order valence-corrected chi connectivity index (χ0v) is 14.7. The van der Waals surface area contributed by atoms with Gasteiger partial charge >= 0.3 is 0 Å². The Morgan fingerprint density at radius 1 is 1.00 bits per heavy atom. The number of nitrogens with zero attached hydrogens (tertiary/aromatic N) is 1. The van der Waals surface area contributed by atoms with E-state index in [9.17, 15) is 8.42 Å². The van der Waals surface area contributed by atoms with Gasteiger partial charge in [0.1, 0.15) is 5.75 Å². The van der Waals surface area contributed by atoms with Crippen molar-refractivity contribution in [3.05, 3.63) is 65.7 Å². The number of hydrogen-bond donors (Lipinski definition) is 0. The van der Waals surface area contributed by atoms with Crippen LogP contribution in [0.4, 0.5) is 0 Å². The third kappa shape index (κ3) is 3.37. The van der Waals surface area contributed by atoms with Gasteiger partial charge in [0.05, 0.1) is 12.0 Å². The summed E-state index contributed by atoms with van der Waals surface area (Å²) in [6, 6.07) is 14.9. The minimum absolute atomic E-state index is 0.356. The van der Waals surface area contributed by atoms with Gasteiger partial charge in [0.2, 0.25) is 10.0 Å². The Hall–Kier alpha value is -2.11. The molecule has 0 bridgehead atoms. The quantitative estimate of drug-likeness (QED) is 0.854. The number of aryl methyl sites for hydroxylation is 1. The molecule has 0 radical (unpaired) electrons. The first kappa shape index (κ1) is 16.7. The van der Waals surface area contributed by atoms with Gasteiger partial charge in [-0.3, -0.25) is 0 Å². The van der Waals surface area contributed by atoms with Gasteiger partial charge in [-0.1, -0.05) is 35.9 Å². The minimum atomic E-state index is -3.43. The molecule has 0 saturated heterocycles. The molecule has 2 aromatic rings. The third-order valence-electron chi connectivity index (χ3n) is 4.29. The molecule has 0 aromatic heterocycles. The van der Waals surface area contributed by atoms with Crippen molar-refractivity contribution in [3.8, 4) is 5.75 Å². The molecule has 0 aliphatic carbocycles. The molecular formula is C19H21NO3S. The smallest absolute Gasteiger partial charge is 0.243 e. The largest absolute Gasteiger partial charge is 0.497 e. The lowest BCUT2D eigenvalue weighted by atomic mass is 10.0. The summed E-state index contributed by atoms with van der Waals surface area (Å²) in [7, 11) is -1.78. The van der Waals surface area contributed by atoms with E-state index in [-0.39, 0.29) is 0 Å². The van der Waals surface area contributed by atoms with E-state index in [4.69, 9.17) is 4.74 Å². The molecule has 1 aliphatic rings. The van der Waals surface area contributed by atoms with Crippen LogP contribution in [0.1, 0.15) is 17.5 Å². The van der Waals surface area contributed by atoms with Gasteiger partial charge in [0, 0.05) is 13.1 Å². The highest BCUT2D eigenvalue weighted by Gasteiger charge is 2.26. The highest BCUT2D eigenvalue weighted by Crippen LogP contribution is 2.27. The maximum Gasteiger partial charge on any atom is 0.243 e. The van der Waals surface area contributed by atoms with Crippen LogP contribution in [-0.4, -0.2) is 32.9 Å². The molecule has 0 fully saturated rings. The highest BCUT2D eigenvalue weighted by atomic mass is 32.2. The lowest BCUT2D eigenvalue weighted by Gasteiger charge is -2.26. The zero-order valence-electron chi connectivity index (χ0n) is 13.9. The van der Waals surface area contributed by atoms with Gasteiger partial charge < -0.3 is 4.74 Å². The van der Waals surface area contributed by atoms with Crippen molar-refractivity contribution in [3.63, 3.8) is 0 Å². The molecule has 2 aromatic carbocycles. The van der Waals surface area contributed by atoms with Crippen molar-refractivity contribution in [2.75, 3.05) is 20.2 Å². The summed E-state index contributed by atoms with van der Waals surface area (Å²) in [5, 5.41) is 0. The van der Waals surface area contributed by atoms with Gasteiger partial charge in [-0.05, 0) is 48.7 Å². The lowest BCUT2D eigenvalue weighted by Crippen LogP contribution is -2.34. The Morgan fingerprint density at radius 3 is 2.21 bits per heavy atom. The van der Waals surface area contributed by atoms with E-state index >= 15 is 0 Å². The molecule has 0 spiro atoms. The van der Waals surface area contributed by atoms with E-state index in [1.807, 2.05) is 49.4 Å². The van der Waals surface area contributed by atoms with E-state index in [1.54, 1.807) is 19.2 Å². The summed E-state index contributed by atoms with van der Waals surface area (Å²) >= 11 is 0. The Morgan fingerprint density at radius 2 is 1.67 bits per heavy atom. The molecule has 1 aliphatic heterocycles. The van der Waals surface area contributed by atoms with Gasteiger partial charge in [0.25, 0.3) is 0 Å². The highest BCUT2D eigenvalue weighted by molar-refractivity contribution is 7.89. The van der Waals surface area contributed by atoms with Crippen molar-refractivity contribution >= 4 is 15.6 Å². The molecule has 0 saturated carbocycles. The van der Waals surface area contributed by atoms with Crippen LogP contribution in [0.3, 0.4) is 0 Å². The Kier molecular flexibility index (Phi) is 4.73. The molecule has 0 amide bonds. The maximum absolute atomic E-state index is 12.7. The Bertz CT molecular complexity index is 837. The normalized spacial score (nSPS) is 15.8. The first-order valence-electron chi connectivity index (χ1n) is 7.91. The fraction of sp³-hybridized carbons (Fsp3) is 0.263. The fourth-order valence-electron chi connectivity index (χ4n) is 2.80. The molecular weight excluding hydrogens is 322 g/mol. The lowest BCUT2D eigenvalue weighted by molar-refractivity contribution is 0.414.